The Labute approximate surface area is 218 Å². The van der Waals surface area contributed by atoms with Gasteiger partial charge in [-0.05, 0) is 87.5 Å². The van der Waals surface area contributed by atoms with Gasteiger partial charge in [0.25, 0.3) is 5.91 Å². The smallest absolute Gasteiger partial charge is 0.256 e. The number of piperidine rings is 1. The second kappa shape index (κ2) is 12.2. The molecule has 2 fully saturated rings. The summed E-state index contributed by atoms with van der Waals surface area (Å²) in [5.41, 5.74) is 1.29. The number of ether oxygens (including phenoxy) is 2. The number of benzene rings is 2. The van der Waals surface area contributed by atoms with Gasteiger partial charge in [-0.3, -0.25) is 14.5 Å². The molecule has 8 nitrogen and oxygen atoms in total. The Kier molecular flexibility index (Phi) is 8.77. The molecule has 2 aromatic rings. The molecular formula is C27H34N4O4S. The normalized spacial score (nSPS) is 18.4. The fraction of sp³-hybridized carbons (Fsp3) is 0.444. The minimum Gasteiger partial charge on any atom is -0.497 e. The number of nitrogens with zero attached hydrogens (tertiary/aromatic N) is 3. The number of carbonyl (C=O) groups excluding carboxylic acids is 2. The van der Waals surface area contributed by atoms with Gasteiger partial charge in [0, 0.05) is 18.3 Å². The summed E-state index contributed by atoms with van der Waals surface area (Å²) in [5.74, 6) is 0.907. The highest BCUT2D eigenvalue weighted by Crippen LogP contribution is 2.30. The molecule has 0 aliphatic carbocycles. The van der Waals surface area contributed by atoms with E-state index in [1.807, 2.05) is 23.1 Å². The topological polar surface area (TPSA) is 74.3 Å². The van der Waals surface area contributed by atoms with Crippen LogP contribution in [0.25, 0.3) is 0 Å². The van der Waals surface area contributed by atoms with Crippen molar-refractivity contribution in [3.8, 4) is 11.5 Å². The van der Waals surface area contributed by atoms with Gasteiger partial charge in [-0.1, -0.05) is 12.5 Å². The van der Waals surface area contributed by atoms with E-state index in [-0.39, 0.29) is 18.2 Å². The summed E-state index contributed by atoms with van der Waals surface area (Å²) in [6, 6.07) is 13.7. The van der Waals surface area contributed by atoms with Crippen molar-refractivity contribution >= 4 is 40.5 Å². The maximum absolute atomic E-state index is 13.6. The lowest BCUT2D eigenvalue weighted by Crippen LogP contribution is -2.40. The van der Waals surface area contributed by atoms with Crippen molar-refractivity contribution in [1.82, 2.24) is 9.80 Å². The lowest BCUT2D eigenvalue weighted by atomic mass is 10.1. The Morgan fingerprint density at radius 1 is 1.00 bits per heavy atom. The first-order chi connectivity index (χ1) is 17.5. The molecule has 0 aromatic heterocycles. The SMILES string of the molecule is COc1ccc(NC(=O)CC2C(=O)N(c3cccc(OC)c3)C(=S)N2CCCN2CCCCC2)cc1. The first-order valence-corrected chi connectivity index (χ1v) is 12.9. The van der Waals surface area contributed by atoms with Crippen molar-refractivity contribution in [2.24, 2.45) is 0 Å². The van der Waals surface area contributed by atoms with Crippen LogP contribution in [0, 0.1) is 0 Å². The molecule has 2 aliphatic rings. The van der Waals surface area contributed by atoms with Crippen molar-refractivity contribution < 1.29 is 19.1 Å². The minimum atomic E-state index is -0.664. The average Bonchev–Trinajstić information content (AvgIpc) is 3.13. The fourth-order valence-electron chi connectivity index (χ4n) is 4.78. The summed E-state index contributed by atoms with van der Waals surface area (Å²) in [6.45, 7) is 3.80. The van der Waals surface area contributed by atoms with Gasteiger partial charge >= 0.3 is 0 Å². The summed E-state index contributed by atoms with van der Waals surface area (Å²) >= 11 is 5.79. The van der Waals surface area contributed by atoms with Crippen molar-refractivity contribution in [2.45, 2.75) is 38.1 Å². The maximum atomic E-state index is 13.6. The number of thiocarbonyl (C=S) groups is 1. The molecule has 0 radical (unpaired) electrons. The number of rotatable bonds is 10. The molecule has 192 valence electrons. The number of methoxy groups -OCH3 is 2. The van der Waals surface area contributed by atoms with Gasteiger partial charge in [0.15, 0.2) is 5.11 Å². The summed E-state index contributed by atoms with van der Waals surface area (Å²) in [4.78, 5) is 32.5. The highest BCUT2D eigenvalue weighted by atomic mass is 32.1. The van der Waals surface area contributed by atoms with Gasteiger partial charge in [0.05, 0.1) is 26.3 Å². The third-order valence-corrected chi connectivity index (χ3v) is 7.12. The molecule has 0 bridgehead atoms. The average molecular weight is 511 g/mol. The third-order valence-electron chi connectivity index (χ3n) is 6.70. The van der Waals surface area contributed by atoms with Gasteiger partial charge < -0.3 is 24.6 Å². The van der Waals surface area contributed by atoms with E-state index in [1.54, 1.807) is 44.6 Å². The van der Waals surface area contributed by atoms with Gasteiger partial charge in [0.1, 0.15) is 17.5 Å². The molecule has 0 saturated carbocycles. The lowest BCUT2D eigenvalue weighted by Gasteiger charge is -2.28. The third kappa shape index (κ3) is 6.14. The van der Waals surface area contributed by atoms with Crippen LogP contribution in [0.2, 0.25) is 0 Å². The first kappa shape index (κ1) is 25.9. The molecule has 1 unspecified atom stereocenters. The Bertz CT molecular complexity index is 1070. The van der Waals surface area contributed by atoms with Crippen LogP contribution in [-0.2, 0) is 9.59 Å². The molecule has 0 spiro atoms. The molecular weight excluding hydrogens is 476 g/mol. The Balaban J connectivity index is 1.48. The van der Waals surface area contributed by atoms with E-state index in [0.29, 0.717) is 34.5 Å². The standard InChI is InChI=1S/C27H34N4O4S/c1-34-22-12-10-20(11-13-22)28-25(32)19-24-26(33)31(21-8-6-9-23(18-21)35-2)27(36)30(24)17-7-16-29-14-4-3-5-15-29/h6,8-13,18,24H,3-5,7,14-17,19H2,1-2H3,(H,28,32). The summed E-state index contributed by atoms with van der Waals surface area (Å²) in [6.07, 6.45) is 4.64. The Morgan fingerprint density at radius 3 is 2.42 bits per heavy atom. The molecule has 2 aromatic carbocycles. The predicted molar refractivity (Wildman–Crippen MR) is 145 cm³/mol. The van der Waals surface area contributed by atoms with Gasteiger partial charge in [-0.2, -0.15) is 0 Å². The molecule has 1 N–H and O–H groups in total. The largest absolute Gasteiger partial charge is 0.497 e. The van der Waals surface area contributed by atoms with Crippen LogP contribution in [-0.4, -0.2) is 73.2 Å². The van der Waals surface area contributed by atoms with E-state index >= 15 is 0 Å². The zero-order chi connectivity index (χ0) is 25.5. The van der Waals surface area contributed by atoms with Crippen molar-refractivity contribution in [3.63, 3.8) is 0 Å². The predicted octanol–water partition coefficient (Wildman–Crippen LogP) is 3.91. The number of amides is 2. The minimum absolute atomic E-state index is 0.00911. The maximum Gasteiger partial charge on any atom is 0.256 e. The molecule has 4 rings (SSSR count). The van der Waals surface area contributed by atoms with E-state index in [2.05, 4.69) is 10.2 Å². The van der Waals surface area contributed by atoms with Crippen molar-refractivity contribution in [1.29, 1.82) is 0 Å². The van der Waals surface area contributed by atoms with E-state index in [0.717, 1.165) is 26.1 Å². The zero-order valence-electron chi connectivity index (χ0n) is 20.9. The first-order valence-electron chi connectivity index (χ1n) is 12.4. The molecule has 1 atom stereocenters. The Morgan fingerprint density at radius 2 is 1.72 bits per heavy atom. The Hall–Kier alpha value is -3.17. The van der Waals surface area contributed by atoms with Crippen LogP contribution in [0.5, 0.6) is 11.5 Å². The summed E-state index contributed by atoms with van der Waals surface area (Å²) in [7, 11) is 3.18. The number of nitrogens with one attached hydrogen (secondary N) is 1. The van der Waals surface area contributed by atoms with E-state index in [4.69, 9.17) is 21.7 Å². The summed E-state index contributed by atoms with van der Waals surface area (Å²) < 4.78 is 10.5. The highest BCUT2D eigenvalue weighted by Gasteiger charge is 2.44. The number of likely N-dealkylation sites (tertiary alicyclic amines) is 1. The number of hydrogen-bond donors (Lipinski definition) is 1. The van der Waals surface area contributed by atoms with Gasteiger partial charge in [0.2, 0.25) is 5.91 Å². The van der Waals surface area contributed by atoms with Crippen LogP contribution in [0.1, 0.15) is 32.1 Å². The van der Waals surface area contributed by atoms with Gasteiger partial charge in [-0.25, -0.2) is 0 Å². The second-order valence-electron chi connectivity index (χ2n) is 9.10. The number of carbonyl (C=O) groups is 2. The van der Waals surface area contributed by atoms with Crippen LogP contribution >= 0.6 is 12.2 Å². The zero-order valence-corrected chi connectivity index (χ0v) is 21.8. The van der Waals surface area contributed by atoms with Crippen LogP contribution in [0.3, 0.4) is 0 Å². The van der Waals surface area contributed by atoms with Gasteiger partial charge in [-0.15, -0.1) is 0 Å². The van der Waals surface area contributed by atoms with E-state index in [9.17, 15) is 9.59 Å². The lowest BCUT2D eigenvalue weighted by molar-refractivity contribution is -0.124. The summed E-state index contributed by atoms with van der Waals surface area (Å²) in [5, 5.41) is 3.32. The van der Waals surface area contributed by atoms with E-state index in [1.165, 1.54) is 24.2 Å². The van der Waals surface area contributed by atoms with Crippen LogP contribution < -0.4 is 19.7 Å². The molecule has 2 aliphatic heterocycles. The van der Waals surface area contributed by atoms with Crippen molar-refractivity contribution in [2.75, 3.05) is 50.6 Å². The van der Waals surface area contributed by atoms with Crippen LogP contribution in [0.15, 0.2) is 48.5 Å². The second-order valence-corrected chi connectivity index (χ2v) is 9.47. The molecule has 2 saturated heterocycles. The monoisotopic (exact) mass is 510 g/mol. The molecule has 2 amide bonds. The molecule has 2 heterocycles. The number of hydrogen-bond acceptors (Lipinski definition) is 6. The van der Waals surface area contributed by atoms with Crippen LogP contribution in [0.4, 0.5) is 11.4 Å². The number of anilines is 2. The van der Waals surface area contributed by atoms with E-state index < -0.39 is 6.04 Å². The molecule has 9 heteroatoms. The molecule has 36 heavy (non-hydrogen) atoms. The quantitative estimate of drug-likeness (QED) is 0.486. The fourth-order valence-corrected chi connectivity index (χ4v) is 5.20. The highest BCUT2D eigenvalue weighted by molar-refractivity contribution is 7.80. The van der Waals surface area contributed by atoms with Crippen molar-refractivity contribution in [3.05, 3.63) is 48.5 Å².